The van der Waals surface area contributed by atoms with E-state index in [4.69, 9.17) is 10.2 Å². The maximum Gasteiger partial charge on any atom is 0.315 e. The minimum atomic E-state index is -1.18. The number of aromatic hydroxyl groups is 1. The molecule has 88 valence electrons. The van der Waals surface area contributed by atoms with Crippen molar-refractivity contribution < 1.29 is 24.3 Å². The van der Waals surface area contributed by atoms with Gasteiger partial charge in [-0.05, 0) is 6.07 Å². The molecule has 0 radical (unpaired) electrons. The van der Waals surface area contributed by atoms with Gasteiger partial charge < -0.3 is 10.2 Å². The molecule has 0 amide bonds. The van der Waals surface area contributed by atoms with Crippen molar-refractivity contribution in [1.82, 2.24) is 0 Å². The highest BCUT2D eigenvalue weighted by Gasteiger charge is 2.18. The average Bonchev–Trinajstić information content (AvgIpc) is 2.22. The van der Waals surface area contributed by atoms with E-state index < -0.39 is 34.6 Å². The van der Waals surface area contributed by atoms with E-state index in [1.807, 2.05) is 0 Å². The Kier molecular flexibility index (Phi) is 3.62. The number of hydrogen-bond acceptors (Lipinski definition) is 4. The minimum absolute atomic E-state index is 0.0757. The van der Waals surface area contributed by atoms with E-state index in [0.29, 0.717) is 0 Å². The summed E-state index contributed by atoms with van der Waals surface area (Å²) in [6, 6.07) is 1.66. The van der Waals surface area contributed by atoms with E-state index >= 15 is 0 Å². The number of nitro benzene ring substituents is 1. The largest absolute Gasteiger partial charge is 0.500 e. The fraction of sp³-hybridized carbons (Fsp3) is 0.100. The smallest absolute Gasteiger partial charge is 0.315 e. The molecule has 7 heteroatoms. The molecule has 0 fully saturated rings. The first-order valence-corrected chi connectivity index (χ1v) is 4.29. The van der Waals surface area contributed by atoms with Crippen LogP contribution in [0.4, 0.5) is 10.1 Å². The fourth-order valence-electron chi connectivity index (χ4n) is 1.02. The van der Waals surface area contributed by atoms with Crippen LogP contribution in [-0.2, 0) is 4.79 Å². The summed E-state index contributed by atoms with van der Waals surface area (Å²) in [4.78, 5) is 19.6. The van der Waals surface area contributed by atoms with Gasteiger partial charge in [0.15, 0.2) is 5.82 Å². The first-order valence-electron chi connectivity index (χ1n) is 4.29. The number of phenolic OH excluding ortho intramolecular Hbond substituents is 1. The van der Waals surface area contributed by atoms with E-state index in [0.717, 1.165) is 12.1 Å². The number of aliphatic carboxylic acids is 1. The van der Waals surface area contributed by atoms with Crippen molar-refractivity contribution in [3.8, 4) is 17.6 Å². The number of carboxylic acid groups (broad SMARTS) is 1. The second kappa shape index (κ2) is 4.94. The lowest BCUT2D eigenvalue weighted by Gasteiger charge is -1.98. The number of nitro groups is 1. The van der Waals surface area contributed by atoms with Crippen LogP contribution in [0.2, 0.25) is 0 Å². The van der Waals surface area contributed by atoms with Crippen LogP contribution < -0.4 is 0 Å². The second-order valence-corrected chi connectivity index (χ2v) is 2.96. The third-order valence-corrected chi connectivity index (χ3v) is 1.71. The lowest BCUT2D eigenvalue weighted by molar-refractivity contribution is -0.386. The van der Waals surface area contributed by atoms with Gasteiger partial charge in [0.2, 0.25) is 5.75 Å². The van der Waals surface area contributed by atoms with Crippen molar-refractivity contribution in [2.75, 3.05) is 0 Å². The Morgan fingerprint density at radius 3 is 2.71 bits per heavy atom. The van der Waals surface area contributed by atoms with E-state index in [9.17, 15) is 19.3 Å². The Morgan fingerprint density at radius 2 is 2.18 bits per heavy atom. The van der Waals surface area contributed by atoms with E-state index in [1.54, 1.807) is 0 Å². The summed E-state index contributed by atoms with van der Waals surface area (Å²) in [5.74, 6) is 1.03. The lowest BCUT2D eigenvalue weighted by Crippen LogP contribution is -1.93. The molecule has 0 aliphatic rings. The Labute approximate surface area is 94.5 Å². The van der Waals surface area contributed by atoms with Crippen LogP contribution in [0.25, 0.3) is 0 Å². The molecule has 0 aliphatic heterocycles. The topological polar surface area (TPSA) is 101 Å². The maximum atomic E-state index is 13.0. The van der Waals surface area contributed by atoms with Gasteiger partial charge in [0.05, 0.1) is 4.92 Å². The highest BCUT2D eigenvalue weighted by atomic mass is 19.1. The first kappa shape index (κ1) is 12.4. The van der Waals surface area contributed by atoms with Crippen molar-refractivity contribution in [1.29, 1.82) is 0 Å². The summed E-state index contributed by atoms with van der Waals surface area (Å²) in [5.41, 5.74) is -0.891. The summed E-state index contributed by atoms with van der Waals surface area (Å²) in [5, 5.41) is 27.8. The zero-order valence-corrected chi connectivity index (χ0v) is 8.31. The zero-order chi connectivity index (χ0) is 13.0. The highest BCUT2D eigenvalue weighted by molar-refractivity contribution is 5.70. The molecule has 6 nitrogen and oxygen atoms in total. The quantitative estimate of drug-likeness (QED) is 0.459. The molecule has 0 spiro atoms. The molecule has 0 heterocycles. The van der Waals surface area contributed by atoms with Crippen LogP contribution in [0, 0.1) is 27.8 Å². The van der Waals surface area contributed by atoms with Gasteiger partial charge in [-0.15, -0.1) is 0 Å². The van der Waals surface area contributed by atoms with Crippen LogP contribution in [0.1, 0.15) is 12.0 Å². The van der Waals surface area contributed by atoms with Gasteiger partial charge in [-0.1, -0.05) is 11.8 Å². The van der Waals surface area contributed by atoms with Crippen LogP contribution >= 0.6 is 0 Å². The van der Waals surface area contributed by atoms with Crippen molar-refractivity contribution in [2.24, 2.45) is 0 Å². The molecule has 0 saturated heterocycles. The molecule has 0 saturated carbocycles. The molecule has 1 aromatic rings. The van der Waals surface area contributed by atoms with Gasteiger partial charge in [0.1, 0.15) is 6.42 Å². The van der Waals surface area contributed by atoms with Gasteiger partial charge >= 0.3 is 11.7 Å². The maximum absolute atomic E-state index is 13.0. The monoisotopic (exact) mass is 239 g/mol. The Hall–Kier alpha value is -2.62. The van der Waals surface area contributed by atoms with Crippen molar-refractivity contribution in [3.63, 3.8) is 0 Å². The Bertz CT molecular complexity index is 544. The molecule has 2 N–H and O–H groups in total. The second-order valence-electron chi connectivity index (χ2n) is 2.96. The average molecular weight is 239 g/mol. The molecule has 0 unspecified atom stereocenters. The predicted octanol–water partition coefficient (Wildman–Crippen LogP) is 1.27. The van der Waals surface area contributed by atoms with Crippen LogP contribution in [0.15, 0.2) is 12.1 Å². The van der Waals surface area contributed by atoms with Crippen molar-refractivity contribution >= 4 is 11.7 Å². The Balaban J connectivity index is 3.13. The number of phenols is 1. The number of halogens is 1. The van der Waals surface area contributed by atoms with Crippen LogP contribution in [-0.4, -0.2) is 21.1 Å². The van der Waals surface area contributed by atoms with E-state index in [1.165, 1.54) is 0 Å². The van der Waals surface area contributed by atoms with Gasteiger partial charge in [-0.2, -0.15) is 0 Å². The lowest BCUT2D eigenvalue weighted by atomic mass is 10.2. The molecule has 0 aromatic heterocycles. The Morgan fingerprint density at radius 1 is 1.53 bits per heavy atom. The van der Waals surface area contributed by atoms with Gasteiger partial charge in [-0.3, -0.25) is 14.9 Å². The van der Waals surface area contributed by atoms with Gasteiger partial charge in [0, 0.05) is 11.6 Å². The molecule has 1 aromatic carbocycles. The molecular weight excluding hydrogens is 233 g/mol. The summed E-state index contributed by atoms with van der Waals surface area (Å²) in [7, 11) is 0. The first-order chi connectivity index (χ1) is 7.91. The number of carboxylic acids is 1. The normalized spacial score (nSPS) is 9.24. The summed E-state index contributed by atoms with van der Waals surface area (Å²) in [6.45, 7) is 0. The highest BCUT2D eigenvalue weighted by Crippen LogP contribution is 2.29. The third kappa shape index (κ3) is 3.17. The zero-order valence-electron chi connectivity index (χ0n) is 8.31. The molecule has 1 rings (SSSR count). The predicted molar refractivity (Wildman–Crippen MR) is 53.9 cm³/mol. The molecule has 0 bridgehead atoms. The standard InChI is InChI=1S/C10H6FNO5/c11-7-4-6(2-1-3-9(13)14)5-8(10(7)15)12(16)17/h4-5,15H,3H2,(H,13,14). The number of hydrogen-bond donors (Lipinski definition) is 2. The van der Waals surface area contributed by atoms with Crippen LogP contribution in [0.5, 0.6) is 5.75 Å². The van der Waals surface area contributed by atoms with Gasteiger partial charge in [-0.25, -0.2) is 4.39 Å². The SMILES string of the molecule is O=C(O)CC#Cc1cc(F)c(O)c([N+](=O)[O-])c1. The molecule has 17 heavy (non-hydrogen) atoms. The fourth-order valence-corrected chi connectivity index (χ4v) is 1.02. The van der Waals surface area contributed by atoms with E-state index in [-0.39, 0.29) is 5.56 Å². The number of rotatable bonds is 2. The summed E-state index contributed by atoms with van der Waals surface area (Å²) in [6.07, 6.45) is -0.462. The van der Waals surface area contributed by atoms with Crippen molar-refractivity contribution in [3.05, 3.63) is 33.6 Å². The third-order valence-electron chi connectivity index (χ3n) is 1.71. The van der Waals surface area contributed by atoms with Gasteiger partial charge in [0.25, 0.3) is 0 Å². The number of nitrogens with zero attached hydrogens (tertiary/aromatic N) is 1. The van der Waals surface area contributed by atoms with E-state index in [2.05, 4.69) is 11.8 Å². The number of carbonyl (C=O) groups is 1. The van der Waals surface area contributed by atoms with Crippen LogP contribution in [0.3, 0.4) is 0 Å². The van der Waals surface area contributed by atoms with Crippen molar-refractivity contribution in [2.45, 2.75) is 6.42 Å². The summed E-state index contributed by atoms with van der Waals surface area (Å²) >= 11 is 0. The molecular formula is C10H6FNO5. The molecule has 0 atom stereocenters. The minimum Gasteiger partial charge on any atom is -0.500 e. The molecule has 0 aliphatic carbocycles. The number of benzene rings is 1. The summed E-state index contributed by atoms with van der Waals surface area (Å²) < 4.78 is 13.0.